The van der Waals surface area contributed by atoms with E-state index in [1.807, 2.05) is 25.1 Å². The maximum absolute atomic E-state index is 6.22. The monoisotopic (exact) mass is 354 g/mol. The fraction of sp³-hybridized carbons (Fsp3) is 0.286. The molecular weight excluding hydrogens is 340 g/mol. The highest BCUT2D eigenvalue weighted by Gasteiger charge is 2.07. The number of hydrogen-bond donors (Lipinski definition) is 2. The van der Waals surface area contributed by atoms with E-state index in [2.05, 4.69) is 43.5 Å². The molecule has 0 amide bonds. The lowest BCUT2D eigenvalue weighted by molar-refractivity contribution is 0.952. The van der Waals surface area contributed by atoms with Gasteiger partial charge in [-0.25, -0.2) is 4.98 Å². The van der Waals surface area contributed by atoms with Gasteiger partial charge < -0.3 is 10.6 Å². The molecule has 2 rings (SSSR count). The van der Waals surface area contributed by atoms with E-state index in [0.717, 1.165) is 28.7 Å². The molecule has 106 valence electrons. The quantitative estimate of drug-likeness (QED) is 0.811. The molecule has 2 N–H and O–H groups in total. The molecule has 0 radical (unpaired) electrons. The zero-order chi connectivity index (χ0) is 14.5. The van der Waals surface area contributed by atoms with Gasteiger partial charge in [0.25, 0.3) is 0 Å². The zero-order valence-corrected chi connectivity index (χ0v) is 13.7. The fourth-order valence-corrected chi connectivity index (χ4v) is 2.20. The van der Waals surface area contributed by atoms with E-state index in [9.17, 15) is 0 Å². The molecule has 0 atom stereocenters. The molecule has 0 fully saturated rings. The second-order valence-corrected chi connectivity index (χ2v) is 5.69. The van der Waals surface area contributed by atoms with Crippen LogP contribution in [0.5, 0.6) is 0 Å². The molecule has 0 spiro atoms. The molecule has 1 aromatic carbocycles. The summed E-state index contributed by atoms with van der Waals surface area (Å²) in [6, 6.07) is 5.85. The van der Waals surface area contributed by atoms with Crippen molar-refractivity contribution in [3.05, 3.63) is 39.5 Å². The molecule has 0 saturated heterocycles. The summed E-state index contributed by atoms with van der Waals surface area (Å²) in [5.74, 6) is 1.28. The van der Waals surface area contributed by atoms with Crippen LogP contribution in [0, 0.1) is 6.92 Å². The van der Waals surface area contributed by atoms with E-state index in [0.29, 0.717) is 16.8 Å². The summed E-state index contributed by atoms with van der Waals surface area (Å²) in [5, 5.41) is 7.04. The van der Waals surface area contributed by atoms with Gasteiger partial charge in [-0.15, -0.1) is 0 Å². The summed E-state index contributed by atoms with van der Waals surface area (Å²) in [7, 11) is 0. The van der Waals surface area contributed by atoms with Gasteiger partial charge in [0, 0.05) is 12.7 Å². The van der Waals surface area contributed by atoms with E-state index >= 15 is 0 Å². The van der Waals surface area contributed by atoms with Crippen LogP contribution in [-0.4, -0.2) is 16.5 Å². The van der Waals surface area contributed by atoms with Gasteiger partial charge in [-0.3, -0.25) is 0 Å². The summed E-state index contributed by atoms with van der Waals surface area (Å²) in [4.78, 5) is 8.64. The average molecular weight is 356 g/mol. The molecule has 0 bridgehead atoms. The van der Waals surface area contributed by atoms with Gasteiger partial charge in [-0.1, -0.05) is 24.6 Å². The van der Waals surface area contributed by atoms with Gasteiger partial charge in [0.15, 0.2) is 0 Å². The number of nitrogens with one attached hydrogen (secondary N) is 2. The Balaban J connectivity index is 2.23. The van der Waals surface area contributed by atoms with Crippen LogP contribution in [0.25, 0.3) is 0 Å². The number of anilines is 3. The Kier molecular flexibility index (Phi) is 5.20. The molecule has 0 unspecified atom stereocenters. The third kappa shape index (κ3) is 3.84. The summed E-state index contributed by atoms with van der Waals surface area (Å²) < 4.78 is 0.788. The van der Waals surface area contributed by atoms with Crippen LogP contribution in [0.2, 0.25) is 5.02 Å². The molecule has 0 aliphatic carbocycles. The first-order chi connectivity index (χ1) is 9.60. The predicted octanol–water partition coefficient (Wildman–Crippen LogP) is 4.77. The lowest BCUT2D eigenvalue weighted by Gasteiger charge is -2.11. The molecule has 6 heteroatoms. The SMILES string of the molecule is CCCNc1ncc(Br)c(Nc2ccc(C)cc2Cl)n1. The topological polar surface area (TPSA) is 49.8 Å². The van der Waals surface area contributed by atoms with Crippen molar-refractivity contribution in [2.75, 3.05) is 17.2 Å². The third-order valence-corrected chi connectivity index (χ3v) is 3.55. The molecule has 4 nitrogen and oxygen atoms in total. The van der Waals surface area contributed by atoms with E-state index < -0.39 is 0 Å². The van der Waals surface area contributed by atoms with Crippen molar-refractivity contribution in [1.82, 2.24) is 9.97 Å². The number of benzene rings is 1. The van der Waals surface area contributed by atoms with Gasteiger partial charge in [0.1, 0.15) is 5.82 Å². The highest BCUT2D eigenvalue weighted by Crippen LogP contribution is 2.29. The smallest absolute Gasteiger partial charge is 0.224 e. The summed E-state index contributed by atoms with van der Waals surface area (Å²) in [5.41, 5.74) is 1.94. The molecule has 1 heterocycles. The maximum atomic E-state index is 6.22. The molecule has 2 aromatic rings. The van der Waals surface area contributed by atoms with Gasteiger partial charge in [0.2, 0.25) is 5.95 Å². The van der Waals surface area contributed by atoms with Crippen LogP contribution < -0.4 is 10.6 Å². The number of aromatic nitrogens is 2. The van der Waals surface area contributed by atoms with Crippen molar-refractivity contribution in [3.8, 4) is 0 Å². The minimum Gasteiger partial charge on any atom is -0.354 e. The van der Waals surface area contributed by atoms with Crippen LogP contribution in [-0.2, 0) is 0 Å². The fourth-order valence-electron chi connectivity index (χ4n) is 1.63. The first kappa shape index (κ1) is 15.1. The average Bonchev–Trinajstić information content (AvgIpc) is 2.42. The first-order valence-electron chi connectivity index (χ1n) is 6.39. The van der Waals surface area contributed by atoms with Crippen molar-refractivity contribution in [2.45, 2.75) is 20.3 Å². The third-order valence-electron chi connectivity index (χ3n) is 2.65. The van der Waals surface area contributed by atoms with Gasteiger partial charge in [0.05, 0.1) is 15.2 Å². The molecule has 0 saturated carbocycles. The Morgan fingerprint density at radius 2 is 2.15 bits per heavy atom. The van der Waals surface area contributed by atoms with Gasteiger partial charge >= 0.3 is 0 Å². The zero-order valence-electron chi connectivity index (χ0n) is 11.4. The maximum Gasteiger partial charge on any atom is 0.224 e. The normalized spacial score (nSPS) is 10.4. The predicted molar refractivity (Wildman–Crippen MR) is 88.0 cm³/mol. The van der Waals surface area contributed by atoms with Crippen LogP contribution in [0.15, 0.2) is 28.9 Å². The number of hydrogen-bond acceptors (Lipinski definition) is 4. The standard InChI is InChI=1S/C14H16BrClN4/c1-3-6-17-14-18-8-10(15)13(20-14)19-12-5-4-9(2)7-11(12)16/h4-5,7-8H,3,6H2,1-2H3,(H2,17,18,19,20). The van der Waals surface area contributed by atoms with Crippen molar-refractivity contribution < 1.29 is 0 Å². The van der Waals surface area contributed by atoms with Crippen LogP contribution in [0.1, 0.15) is 18.9 Å². The second kappa shape index (κ2) is 6.90. The van der Waals surface area contributed by atoms with Crippen molar-refractivity contribution in [1.29, 1.82) is 0 Å². The lowest BCUT2D eigenvalue weighted by atomic mass is 10.2. The Morgan fingerprint density at radius 3 is 2.85 bits per heavy atom. The Morgan fingerprint density at radius 1 is 1.35 bits per heavy atom. The second-order valence-electron chi connectivity index (χ2n) is 4.43. The Hall–Kier alpha value is -1.33. The summed E-state index contributed by atoms with van der Waals surface area (Å²) in [6.07, 6.45) is 2.74. The lowest BCUT2D eigenvalue weighted by Crippen LogP contribution is -2.06. The van der Waals surface area contributed by atoms with Crippen LogP contribution in [0.3, 0.4) is 0 Å². The van der Waals surface area contributed by atoms with E-state index in [1.165, 1.54) is 0 Å². The largest absolute Gasteiger partial charge is 0.354 e. The molecule has 0 aliphatic heterocycles. The number of aryl methyl sites for hydroxylation is 1. The highest BCUT2D eigenvalue weighted by molar-refractivity contribution is 9.10. The van der Waals surface area contributed by atoms with Crippen molar-refractivity contribution >= 4 is 45.0 Å². The van der Waals surface area contributed by atoms with Crippen LogP contribution in [0.4, 0.5) is 17.5 Å². The minimum atomic E-state index is 0.598. The van der Waals surface area contributed by atoms with Crippen molar-refractivity contribution in [2.24, 2.45) is 0 Å². The van der Waals surface area contributed by atoms with Gasteiger partial charge in [-0.2, -0.15) is 4.98 Å². The Bertz CT molecular complexity index is 604. The molecular formula is C14H16BrClN4. The number of nitrogens with zero attached hydrogens (tertiary/aromatic N) is 2. The number of rotatable bonds is 5. The summed E-state index contributed by atoms with van der Waals surface area (Å²) >= 11 is 9.66. The Labute approximate surface area is 132 Å². The minimum absolute atomic E-state index is 0.598. The van der Waals surface area contributed by atoms with Crippen LogP contribution >= 0.6 is 27.5 Å². The molecule has 0 aliphatic rings. The molecule has 20 heavy (non-hydrogen) atoms. The van der Waals surface area contributed by atoms with Crippen molar-refractivity contribution in [3.63, 3.8) is 0 Å². The first-order valence-corrected chi connectivity index (χ1v) is 7.57. The molecule has 1 aromatic heterocycles. The van der Waals surface area contributed by atoms with Gasteiger partial charge in [-0.05, 0) is 47.0 Å². The van der Waals surface area contributed by atoms with E-state index in [-0.39, 0.29) is 0 Å². The summed E-state index contributed by atoms with van der Waals surface area (Å²) in [6.45, 7) is 4.94. The van der Waals surface area contributed by atoms with E-state index in [4.69, 9.17) is 11.6 Å². The highest BCUT2D eigenvalue weighted by atomic mass is 79.9. The number of halogens is 2. The van der Waals surface area contributed by atoms with E-state index in [1.54, 1.807) is 6.20 Å².